The number of hydrogen-bond donors (Lipinski definition) is 2. The maximum Gasteiger partial charge on any atom is 0.263 e. The number of benzene rings is 1. The quantitative estimate of drug-likeness (QED) is 0.767. The van der Waals surface area contributed by atoms with Gasteiger partial charge in [0.05, 0.1) is 7.11 Å². The van der Waals surface area contributed by atoms with Crippen molar-refractivity contribution in [2.24, 2.45) is 0 Å². The van der Waals surface area contributed by atoms with Crippen LogP contribution in [0.3, 0.4) is 0 Å². The molecule has 0 spiro atoms. The van der Waals surface area contributed by atoms with Crippen LogP contribution in [0.25, 0.3) is 10.7 Å². The van der Waals surface area contributed by atoms with Gasteiger partial charge in [-0.25, -0.2) is 4.98 Å². The van der Waals surface area contributed by atoms with Gasteiger partial charge in [-0.2, -0.15) is 0 Å². The minimum atomic E-state index is -0.419. The number of methoxy groups -OCH3 is 1. The third-order valence-electron chi connectivity index (χ3n) is 2.91. The zero-order chi connectivity index (χ0) is 15.5. The molecule has 2 heterocycles. The normalized spacial score (nSPS) is 10.4. The Hall–Kier alpha value is -2.87. The number of hydrogen-bond acceptors (Lipinski definition) is 7. The molecule has 0 aliphatic carbocycles. The van der Waals surface area contributed by atoms with Gasteiger partial charge in [0.25, 0.3) is 5.91 Å². The molecule has 0 fully saturated rings. The lowest BCUT2D eigenvalue weighted by molar-refractivity contribution is 0.102. The molecule has 0 atom stereocenters. The van der Waals surface area contributed by atoms with Gasteiger partial charge in [-0.3, -0.25) is 4.79 Å². The Kier molecular flexibility index (Phi) is 3.75. The fourth-order valence-corrected chi connectivity index (χ4v) is 2.53. The molecule has 8 heteroatoms. The monoisotopic (exact) mass is 316 g/mol. The molecule has 22 heavy (non-hydrogen) atoms. The molecule has 2 aromatic heterocycles. The molecular formula is C14H12N4O3S. The van der Waals surface area contributed by atoms with Crippen LogP contribution in [-0.2, 0) is 0 Å². The van der Waals surface area contributed by atoms with Crippen LogP contribution in [0, 0.1) is 0 Å². The lowest BCUT2D eigenvalue weighted by Crippen LogP contribution is -2.14. The smallest absolute Gasteiger partial charge is 0.263 e. The van der Waals surface area contributed by atoms with Crippen molar-refractivity contribution in [3.8, 4) is 16.5 Å². The molecule has 0 aliphatic rings. The summed E-state index contributed by atoms with van der Waals surface area (Å²) in [6.07, 6.45) is 1.62. The number of nitrogens with zero attached hydrogens (tertiary/aromatic N) is 2. The molecule has 3 aromatic rings. The van der Waals surface area contributed by atoms with E-state index in [1.165, 1.54) is 11.3 Å². The van der Waals surface area contributed by atoms with Crippen molar-refractivity contribution in [3.63, 3.8) is 0 Å². The molecule has 0 saturated carbocycles. The Morgan fingerprint density at radius 3 is 3.05 bits per heavy atom. The minimum Gasteiger partial charge on any atom is -0.497 e. The van der Waals surface area contributed by atoms with E-state index in [-0.39, 0.29) is 11.4 Å². The summed E-state index contributed by atoms with van der Waals surface area (Å²) in [5.41, 5.74) is 6.79. The minimum absolute atomic E-state index is 0.0504. The summed E-state index contributed by atoms with van der Waals surface area (Å²) in [6, 6.07) is 7.00. The lowest BCUT2D eigenvalue weighted by Gasteiger charge is -2.06. The third-order valence-corrected chi connectivity index (χ3v) is 3.69. The van der Waals surface area contributed by atoms with Gasteiger partial charge in [-0.15, -0.1) is 11.3 Å². The molecule has 1 amide bonds. The molecule has 0 radical (unpaired) electrons. The number of nitrogens with one attached hydrogen (secondary N) is 1. The number of aromatic nitrogens is 2. The second kappa shape index (κ2) is 5.86. The molecular weight excluding hydrogens is 304 g/mol. The first-order valence-electron chi connectivity index (χ1n) is 6.29. The number of rotatable bonds is 4. The second-order valence-electron chi connectivity index (χ2n) is 4.29. The molecule has 0 unspecified atom stereocenters. The third kappa shape index (κ3) is 2.63. The maximum atomic E-state index is 12.5. The Balaban J connectivity index is 1.91. The zero-order valence-corrected chi connectivity index (χ0v) is 12.4. The van der Waals surface area contributed by atoms with E-state index in [9.17, 15) is 4.79 Å². The molecule has 0 saturated heterocycles. The van der Waals surface area contributed by atoms with Gasteiger partial charge in [-0.05, 0) is 12.1 Å². The molecule has 7 nitrogen and oxygen atoms in total. The Morgan fingerprint density at radius 1 is 1.45 bits per heavy atom. The highest BCUT2D eigenvalue weighted by molar-refractivity contribution is 7.13. The van der Waals surface area contributed by atoms with Crippen LogP contribution in [0.15, 0.2) is 40.4 Å². The van der Waals surface area contributed by atoms with Crippen LogP contribution in [0.4, 0.5) is 11.6 Å². The van der Waals surface area contributed by atoms with E-state index in [1.54, 1.807) is 43.0 Å². The van der Waals surface area contributed by atoms with Gasteiger partial charge in [0.1, 0.15) is 16.3 Å². The first-order valence-corrected chi connectivity index (χ1v) is 7.17. The van der Waals surface area contributed by atoms with Crippen molar-refractivity contribution in [1.29, 1.82) is 0 Å². The topological polar surface area (TPSA) is 103 Å². The largest absolute Gasteiger partial charge is 0.497 e. The van der Waals surface area contributed by atoms with Crippen molar-refractivity contribution >= 4 is 28.8 Å². The molecule has 0 aliphatic heterocycles. The van der Waals surface area contributed by atoms with E-state index in [0.29, 0.717) is 22.1 Å². The van der Waals surface area contributed by atoms with E-state index < -0.39 is 5.91 Å². The molecule has 1 aromatic carbocycles. The number of thiazole rings is 1. The predicted octanol–water partition coefficient (Wildman–Crippen LogP) is 2.64. The molecule has 112 valence electrons. The first kappa shape index (κ1) is 14.1. The second-order valence-corrected chi connectivity index (χ2v) is 5.19. The highest BCUT2D eigenvalue weighted by Gasteiger charge is 2.24. The van der Waals surface area contributed by atoms with Gasteiger partial charge in [0.2, 0.25) is 5.88 Å². The summed E-state index contributed by atoms with van der Waals surface area (Å²) >= 11 is 1.34. The fraction of sp³-hybridized carbons (Fsp3) is 0.0714. The summed E-state index contributed by atoms with van der Waals surface area (Å²) in [6.45, 7) is 0. The van der Waals surface area contributed by atoms with E-state index in [2.05, 4.69) is 15.5 Å². The summed E-state index contributed by atoms with van der Waals surface area (Å²) in [7, 11) is 1.56. The van der Waals surface area contributed by atoms with Crippen molar-refractivity contribution in [3.05, 3.63) is 41.4 Å². The van der Waals surface area contributed by atoms with Crippen molar-refractivity contribution in [2.75, 3.05) is 18.2 Å². The summed E-state index contributed by atoms with van der Waals surface area (Å²) in [5, 5.41) is 8.90. The van der Waals surface area contributed by atoms with Crippen LogP contribution in [0.1, 0.15) is 10.4 Å². The molecule has 3 N–H and O–H groups in total. The molecule has 3 rings (SSSR count). The number of amides is 1. The predicted molar refractivity (Wildman–Crippen MR) is 83.0 cm³/mol. The van der Waals surface area contributed by atoms with Gasteiger partial charge in [0, 0.05) is 23.3 Å². The number of carbonyl (C=O) groups excluding carboxylic acids is 1. The standard InChI is InChI=1S/C14H12N4O3S/c1-20-9-4-2-3-8(7-9)17-13(19)10-11(18-21-12(10)15)14-16-5-6-22-14/h2-7H,15H2,1H3,(H,17,19). The fourth-order valence-electron chi connectivity index (χ4n) is 1.90. The van der Waals surface area contributed by atoms with Crippen molar-refractivity contribution < 1.29 is 14.1 Å². The summed E-state index contributed by atoms with van der Waals surface area (Å²) in [4.78, 5) is 16.6. The Bertz CT molecular complexity index is 798. The van der Waals surface area contributed by atoms with Crippen LogP contribution in [0.2, 0.25) is 0 Å². The van der Waals surface area contributed by atoms with E-state index in [0.717, 1.165) is 0 Å². The number of anilines is 2. The average molecular weight is 316 g/mol. The number of ether oxygens (including phenoxy) is 1. The van der Waals surface area contributed by atoms with Crippen LogP contribution in [0.5, 0.6) is 5.75 Å². The van der Waals surface area contributed by atoms with E-state index >= 15 is 0 Å². The first-order chi connectivity index (χ1) is 10.7. The number of carbonyl (C=O) groups is 1. The Morgan fingerprint density at radius 2 is 2.32 bits per heavy atom. The summed E-state index contributed by atoms with van der Waals surface area (Å²) < 4.78 is 10.1. The van der Waals surface area contributed by atoms with Gasteiger partial charge < -0.3 is 20.3 Å². The zero-order valence-electron chi connectivity index (χ0n) is 11.6. The van der Waals surface area contributed by atoms with Gasteiger partial charge in [0.15, 0.2) is 5.69 Å². The van der Waals surface area contributed by atoms with Crippen LogP contribution >= 0.6 is 11.3 Å². The average Bonchev–Trinajstić information content (AvgIpc) is 3.16. The maximum absolute atomic E-state index is 12.5. The highest BCUT2D eigenvalue weighted by Crippen LogP contribution is 2.29. The SMILES string of the molecule is COc1cccc(NC(=O)c2c(-c3nccs3)noc2N)c1. The highest BCUT2D eigenvalue weighted by atomic mass is 32.1. The summed E-state index contributed by atoms with van der Waals surface area (Å²) in [5.74, 6) is 0.166. The van der Waals surface area contributed by atoms with Crippen molar-refractivity contribution in [2.45, 2.75) is 0 Å². The van der Waals surface area contributed by atoms with E-state index in [4.69, 9.17) is 15.0 Å². The Labute approximate surface area is 129 Å². The van der Waals surface area contributed by atoms with Gasteiger partial charge >= 0.3 is 0 Å². The van der Waals surface area contributed by atoms with E-state index in [1.807, 2.05) is 0 Å². The molecule has 0 bridgehead atoms. The van der Waals surface area contributed by atoms with Crippen LogP contribution in [-0.4, -0.2) is 23.2 Å². The van der Waals surface area contributed by atoms with Crippen molar-refractivity contribution in [1.82, 2.24) is 10.1 Å². The van der Waals surface area contributed by atoms with Gasteiger partial charge in [-0.1, -0.05) is 11.2 Å². The number of nitrogens with two attached hydrogens (primary N) is 1. The van der Waals surface area contributed by atoms with Crippen LogP contribution < -0.4 is 15.8 Å². The lowest BCUT2D eigenvalue weighted by atomic mass is 10.2. The number of nitrogen functional groups attached to an aromatic ring is 1.